The first-order valence-corrected chi connectivity index (χ1v) is 11.2. The van der Waals surface area contributed by atoms with E-state index < -0.39 is 6.10 Å². The third kappa shape index (κ3) is 6.95. The Labute approximate surface area is 186 Å². The lowest BCUT2D eigenvalue weighted by molar-refractivity contribution is 0.0850. The Balaban J connectivity index is 0.00000113. The lowest BCUT2D eigenvalue weighted by Gasteiger charge is -2.29. The van der Waals surface area contributed by atoms with Crippen molar-refractivity contribution >= 4 is 11.7 Å². The van der Waals surface area contributed by atoms with E-state index in [-0.39, 0.29) is 11.9 Å². The number of rotatable bonds is 6. The Kier molecular flexibility index (Phi) is 11.0. The molecule has 0 spiro atoms. The van der Waals surface area contributed by atoms with Gasteiger partial charge in [-0.3, -0.25) is 9.48 Å². The van der Waals surface area contributed by atoms with Crippen molar-refractivity contribution in [1.82, 2.24) is 20.1 Å². The van der Waals surface area contributed by atoms with Crippen molar-refractivity contribution in [3.63, 3.8) is 0 Å². The number of anilines is 1. The van der Waals surface area contributed by atoms with E-state index in [9.17, 15) is 9.90 Å². The van der Waals surface area contributed by atoms with Crippen molar-refractivity contribution < 1.29 is 14.6 Å². The molecule has 0 radical (unpaired) electrons. The van der Waals surface area contributed by atoms with Crippen molar-refractivity contribution in [3.05, 3.63) is 35.3 Å². The average Bonchev–Trinajstić information content (AvgIpc) is 3.19. The number of aromatic nitrogens is 3. The van der Waals surface area contributed by atoms with Crippen LogP contribution < -0.4 is 15.0 Å². The Morgan fingerprint density at radius 1 is 1.29 bits per heavy atom. The number of aliphatic hydroxyl groups excluding tert-OH is 1. The molecule has 3 rings (SSSR count). The lowest BCUT2D eigenvalue weighted by atomic mass is 10.0. The Bertz CT molecular complexity index is 820. The minimum atomic E-state index is -0.627. The zero-order valence-corrected chi connectivity index (χ0v) is 20.3. The topological polar surface area (TPSA) is 92.5 Å². The van der Waals surface area contributed by atoms with E-state index in [2.05, 4.69) is 15.4 Å². The third-order valence-corrected chi connectivity index (χ3v) is 4.79. The molecule has 2 atom stereocenters. The Hall–Kier alpha value is -2.61. The number of aryl methyl sites for hydroxylation is 1. The quantitative estimate of drug-likeness (QED) is 0.727. The summed E-state index contributed by atoms with van der Waals surface area (Å²) >= 11 is 0. The average molecular weight is 434 g/mol. The van der Waals surface area contributed by atoms with E-state index in [1.54, 1.807) is 23.9 Å². The van der Waals surface area contributed by atoms with E-state index in [0.29, 0.717) is 43.3 Å². The van der Waals surface area contributed by atoms with Gasteiger partial charge in [0.15, 0.2) is 11.6 Å². The summed E-state index contributed by atoms with van der Waals surface area (Å²) in [6, 6.07) is 1.46. The SMILES string of the molecule is CC.CC.CCC(NC(=O)c1cc(Cc2cnn(C)c2)c2c(n1)N(C)CCO2)C(C)O. The van der Waals surface area contributed by atoms with Crippen molar-refractivity contribution in [2.75, 3.05) is 25.1 Å². The minimum Gasteiger partial charge on any atom is -0.488 e. The number of carbonyl (C=O) groups is 1. The number of amides is 1. The fourth-order valence-electron chi connectivity index (χ4n) is 3.21. The van der Waals surface area contributed by atoms with Crippen LogP contribution in [-0.4, -0.2) is 58.1 Å². The summed E-state index contributed by atoms with van der Waals surface area (Å²) in [5.74, 6) is 1.08. The van der Waals surface area contributed by atoms with Crippen LogP contribution in [-0.2, 0) is 13.5 Å². The van der Waals surface area contributed by atoms with Gasteiger partial charge in [-0.05, 0) is 25.0 Å². The molecule has 2 aromatic rings. The molecule has 2 unspecified atom stereocenters. The van der Waals surface area contributed by atoms with E-state index in [1.165, 1.54) is 0 Å². The molecule has 0 fully saturated rings. The maximum atomic E-state index is 12.8. The predicted molar refractivity (Wildman–Crippen MR) is 125 cm³/mol. The van der Waals surface area contributed by atoms with Gasteiger partial charge in [0.1, 0.15) is 12.3 Å². The number of likely N-dealkylation sites (N-methyl/N-ethyl adjacent to an activating group) is 1. The van der Waals surface area contributed by atoms with Gasteiger partial charge in [0.25, 0.3) is 5.91 Å². The standard InChI is InChI=1S/C19H27N5O3.2C2H6/c1-5-15(12(2)25)22-19(26)16-9-14(8-13-10-20-24(4)11-13)17-18(21-16)23(3)6-7-27-17;2*1-2/h9-12,15,25H,5-8H2,1-4H3,(H,22,26);2*1-2H3. The predicted octanol–water partition coefficient (Wildman–Crippen LogP) is 3.18. The highest BCUT2D eigenvalue weighted by Crippen LogP contribution is 2.34. The van der Waals surface area contributed by atoms with E-state index in [0.717, 1.165) is 11.1 Å². The molecule has 174 valence electrons. The molecule has 8 nitrogen and oxygen atoms in total. The fourth-order valence-corrected chi connectivity index (χ4v) is 3.21. The van der Waals surface area contributed by atoms with Crippen molar-refractivity contribution in [1.29, 1.82) is 0 Å². The molecule has 0 aromatic carbocycles. The maximum absolute atomic E-state index is 12.8. The summed E-state index contributed by atoms with van der Waals surface area (Å²) in [5.41, 5.74) is 2.25. The second-order valence-electron chi connectivity index (χ2n) is 7.02. The highest BCUT2D eigenvalue weighted by Gasteiger charge is 2.25. The largest absolute Gasteiger partial charge is 0.488 e. The molecule has 31 heavy (non-hydrogen) atoms. The molecule has 0 saturated heterocycles. The molecule has 0 bridgehead atoms. The van der Waals surface area contributed by atoms with Crippen LogP contribution in [0.5, 0.6) is 5.75 Å². The summed E-state index contributed by atoms with van der Waals surface area (Å²) < 4.78 is 7.62. The fraction of sp³-hybridized carbons (Fsp3) is 0.609. The van der Waals surface area contributed by atoms with Crippen LogP contribution in [0, 0.1) is 0 Å². The number of aliphatic hydroxyl groups is 1. The summed E-state index contributed by atoms with van der Waals surface area (Å²) in [7, 11) is 3.81. The molecular formula is C23H39N5O3. The van der Waals surface area contributed by atoms with Gasteiger partial charge >= 0.3 is 0 Å². The molecule has 0 saturated carbocycles. The zero-order chi connectivity index (χ0) is 23.6. The number of fused-ring (bicyclic) bond motifs is 1. The van der Waals surface area contributed by atoms with Gasteiger partial charge in [-0.15, -0.1) is 0 Å². The van der Waals surface area contributed by atoms with Crippen LogP contribution in [0.1, 0.15) is 69.6 Å². The molecule has 1 aliphatic heterocycles. The number of hydrogen-bond acceptors (Lipinski definition) is 6. The van der Waals surface area contributed by atoms with Crippen molar-refractivity contribution in [2.24, 2.45) is 7.05 Å². The van der Waals surface area contributed by atoms with Crippen LogP contribution >= 0.6 is 0 Å². The van der Waals surface area contributed by atoms with Gasteiger partial charge in [-0.1, -0.05) is 34.6 Å². The Morgan fingerprint density at radius 3 is 2.52 bits per heavy atom. The first-order valence-electron chi connectivity index (χ1n) is 11.2. The maximum Gasteiger partial charge on any atom is 0.270 e. The van der Waals surface area contributed by atoms with Gasteiger partial charge in [0, 0.05) is 32.3 Å². The molecule has 1 aliphatic rings. The molecule has 8 heteroatoms. The summed E-state index contributed by atoms with van der Waals surface area (Å²) in [5, 5.41) is 16.9. The summed E-state index contributed by atoms with van der Waals surface area (Å²) in [6.07, 6.45) is 4.36. The molecular weight excluding hydrogens is 394 g/mol. The lowest BCUT2D eigenvalue weighted by Crippen LogP contribution is -2.42. The van der Waals surface area contributed by atoms with Gasteiger partial charge in [0.2, 0.25) is 0 Å². The van der Waals surface area contributed by atoms with E-state index >= 15 is 0 Å². The Morgan fingerprint density at radius 2 is 1.97 bits per heavy atom. The first kappa shape index (κ1) is 26.4. The summed E-state index contributed by atoms with van der Waals surface area (Å²) in [6.45, 7) is 12.9. The van der Waals surface area contributed by atoms with Crippen molar-refractivity contribution in [3.8, 4) is 5.75 Å². The molecule has 2 aromatic heterocycles. The number of pyridine rings is 1. The molecule has 2 N–H and O–H groups in total. The van der Waals surface area contributed by atoms with Crippen LogP contribution in [0.25, 0.3) is 0 Å². The third-order valence-electron chi connectivity index (χ3n) is 4.79. The highest BCUT2D eigenvalue weighted by atomic mass is 16.5. The van der Waals surface area contributed by atoms with Gasteiger partial charge < -0.3 is 20.1 Å². The second kappa shape index (κ2) is 12.9. The van der Waals surface area contributed by atoms with Gasteiger partial charge in [-0.25, -0.2) is 4.98 Å². The van der Waals surface area contributed by atoms with E-state index in [4.69, 9.17) is 4.74 Å². The second-order valence-corrected chi connectivity index (χ2v) is 7.02. The van der Waals surface area contributed by atoms with Crippen molar-refractivity contribution in [2.45, 2.75) is 66.5 Å². The molecule has 3 heterocycles. The van der Waals surface area contributed by atoms with Gasteiger partial charge in [0.05, 0.1) is 24.9 Å². The number of nitrogens with zero attached hydrogens (tertiary/aromatic N) is 4. The number of nitrogens with one attached hydrogen (secondary N) is 1. The van der Waals surface area contributed by atoms with Crippen LogP contribution in [0.4, 0.5) is 5.82 Å². The van der Waals surface area contributed by atoms with Crippen LogP contribution in [0.3, 0.4) is 0 Å². The molecule has 0 aliphatic carbocycles. The summed E-state index contributed by atoms with van der Waals surface area (Å²) in [4.78, 5) is 19.3. The van der Waals surface area contributed by atoms with Gasteiger partial charge in [-0.2, -0.15) is 5.10 Å². The smallest absolute Gasteiger partial charge is 0.270 e. The number of ether oxygens (including phenoxy) is 1. The first-order chi connectivity index (χ1) is 14.9. The van der Waals surface area contributed by atoms with Crippen LogP contribution in [0.15, 0.2) is 18.5 Å². The highest BCUT2D eigenvalue weighted by molar-refractivity contribution is 5.93. The normalized spacial score (nSPS) is 14.0. The minimum absolute atomic E-state index is 0.294. The molecule has 1 amide bonds. The number of carbonyl (C=O) groups excluding carboxylic acids is 1. The number of hydrogen-bond donors (Lipinski definition) is 2. The van der Waals surface area contributed by atoms with E-state index in [1.807, 2.05) is 59.8 Å². The zero-order valence-electron chi connectivity index (χ0n) is 20.3. The monoisotopic (exact) mass is 433 g/mol. The van der Waals surface area contributed by atoms with Crippen LogP contribution in [0.2, 0.25) is 0 Å².